The highest BCUT2D eigenvalue weighted by molar-refractivity contribution is 7.92. The number of sulfonamides is 1. The van der Waals surface area contributed by atoms with E-state index in [1.807, 2.05) is 0 Å². The maximum absolute atomic E-state index is 14.3. The van der Waals surface area contributed by atoms with Crippen LogP contribution in [0.2, 0.25) is 0 Å². The standard InChI is InChI=1S/C22H20FN3O5S/c1-3-32(29,30)25-13-4-6-19(31-20-7-5-14(27)11-18(20)23)16(10-13)17-12-26(2)22(28)21-15(17)8-9-24-21/h4-12,24-25,27H,3H2,1-2H3. The van der Waals surface area contributed by atoms with Crippen molar-refractivity contribution < 1.29 is 22.7 Å². The number of anilines is 1. The van der Waals surface area contributed by atoms with Crippen molar-refractivity contribution in [2.45, 2.75) is 6.92 Å². The lowest BCUT2D eigenvalue weighted by molar-refractivity contribution is 0.430. The van der Waals surface area contributed by atoms with Crippen LogP contribution >= 0.6 is 0 Å². The monoisotopic (exact) mass is 457 g/mol. The Hall–Kier alpha value is -3.79. The fraction of sp³-hybridized carbons (Fsp3) is 0.136. The summed E-state index contributed by atoms with van der Waals surface area (Å²) in [6, 6.07) is 9.80. The molecular formula is C22H20FN3O5S. The number of aromatic nitrogens is 2. The Morgan fingerprint density at radius 3 is 2.59 bits per heavy atom. The summed E-state index contributed by atoms with van der Waals surface area (Å²) in [7, 11) is -1.95. The predicted octanol–water partition coefficient (Wildman–Crippen LogP) is 3.93. The van der Waals surface area contributed by atoms with Crippen LogP contribution in [0.3, 0.4) is 0 Å². The zero-order valence-electron chi connectivity index (χ0n) is 17.2. The van der Waals surface area contributed by atoms with Crippen LogP contribution in [-0.4, -0.2) is 28.8 Å². The number of aromatic hydroxyl groups is 1. The van der Waals surface area contributed by atoms with E-state index in [0.29, 0.717) is 22.0 Å². The molecule has 8 nitrogen and oxygen atoms in total. The van der Waals surface area contributed by atoms with Crippen LogP contribution in [0.25, 0.3) is 22.0 Å². The second-order valence-electron chi connectivity index (χ2n) is 7.16. The molecule has 0 aliphatic rings. The average Bonchev–Trinajstić information content (AvgIpc) is 3.24. The largest absolute Gasteiger partial charge is 0.508 e. The van der Waals surface area contributed by atoms with Gasteiger partial charge in [0.05, 0.1) is 5.75 Å². The summed E-state index contributed by atoms with van der Waals surface area (Å²) in [5.74, 6) is -1.01. The number of hydrogen-bond donors (Lipinski definition) is 3. The Morgan fingerprint density at radius 2 is 1.88 bits per heavy atom. The first-order valence-electron chi connectivity index (χ1n) is 9.66. The van der Waals surface area contributed by atoms with Crippen molar-refractivity contribution in [1.82, 2.24) is 9.55 Å². The number of hydrogen-bond acceptors (Lipinski definition) is 5. The van der Waals surface area contributed by atoms with Crippen molar-refractivity contribution in [3.63, 3.8) is 0 Å². The molecule has 0 saturated carbocycles. The van der Waals surface area contributed by atoms with E-state index < -0.39 is 15.8 Å². The molecule has 0 saturated heterocycles. The van der Waals surface area contributed by atoms with E-state index in [1.165, 1.54) is 35.8 Å². The van der Waals surface area contributed by atoms with Crippen LogP contribution in [0.5, 0.6) is 17.2 Å². The molecule has 10 heteroatoms. The second kappa shape index (κ2) is 8.04. The van der Waals surface area contributed by atoms with Gasteiger partial charge in [-0.2, -0.15) is 0 Å². The van der Waals surface area contributed by atoms with Crippen LogP contribution in [0, 0.1) is 5.82 Å². The highest BCUT2D eigenvalue weighted by atomic mass is 32.2. The Balaban J connectivity index is 1.93. The second-order valence-corrected chi connectivity index (χ2v) is 9.17. The predicted molar refractivity (Wildman–Crippen MR) is 120 cm³/mol. The number of H-pyrrole nitrogens is 1. The van der Waals surface area contributed by atoms with Crippen molar-refractivity contribution in [3.05, 3.63) is 71.0 Å². The molecule has 2 aromatic heterocycles. The first kappa shape index (κ1) is 21.4. The van der Waals surface area contributed by atoms with Crippen molar-refractivity contribution in [2.24, 2.45) is 7.05 Å². The third-order valence-electron chi connectivity index (χ3n) is 4.95. The van der Waals surface area contributed by atoms with Gasteiger partial charge in [-0.05, 0) is 43.3 Å². The molecule has 166 valence electrons. The van der Waals surface area contributed by atoms with Gasteiger partial charge in [-0.1, -0.05) is 0 Å². The molecule has 32 heavy (non-hydrogen) atoms. The summed E-state index contributed by atoms with van der Waals surface area (Å²) in [4.78, 5) is 15.4. The molecule has 0 fully saturated rings. The summed E-state index contributed by atoms with van der Waals surface area (Å²) in [6.07, 6.45) is 3.23. The van der Waals surface area contributed by atoms with Gasteiger partial charge in [0.15, 0.2) is 11.6 Å². The van der Waals surface area contributed by atoms with Crippen molar-refractivity contribution in [2.75, 3.05) is 10.5 Å². The Morgan fingerprint density at radius 1 is 1.12 bits per heavy atom. The van der Waals surface area contributed by atoms with Crippen molar-refractivity contribution >= 4 is 26.6 Å². The molecule has 2 aromatic carbocycles. The SMILES string of the molecule is CCS(=O)(=O)Nc1ccc(Oc2ccc(O)cc2F)c(-c2cn(C)c(=O)c3[nH]ccc23)c1. The van der Waals surface area contributed by atoms with E-state index in [2.05, 4.69) is 9.71 Å². The van der Waals surface area contributed by atoms with E-state index in [0.717, 1.165) is 6.07 Å². The molecule has 0 spiro atoms. The number of aromatic amines is 1. The lowest BCUT2D eigenvalue weighted by Crippen LogP contribution is -2.17. The van der Waals surface area contributed by atoms with Gasteiger partial charge in [-0.3, -0.25) is 9.52 Å². The summed E-state index contributed by atoms with van der Waals surface area (Å²) >= 11 is 0. The van der Waals surface area contributed by atoms with Crippen LogP contribution < -0.4 is 15.0 Å². The summed E-state index contributed by atoms with van der Waals surface area (Å²) < 4.78 is 48.1. The molecule has 4 aromatic rings. The van der Waals surface area contributed by atoms with Gasteiger partial charge in [-0.25, -0.2) is 12.8 Å². The van der Waals surface area contributed by atoms with Crippen LogP contribution in [-0.2, 0) is 17.1 Å². The highest BCUT2D eigenvalue weighted by Gasteiger charge is 2.18. The van der Waals surface area contributed by atoms with E-state index in [4.69, 9.17) is 4.74 Å². The summed E-state index contributed by atoms with van der Waals surface area (Å²) in [6.45, 7) is 1.52. The molecule has 0 aliphatic carbocycles. The zero-order valence-corrected chi connectivity index (χ0v) is 18.0. The number of nitrogens with zero attached hydrogens (tertiary/aromatic N) is 1. The van der Waals surface area contributed by atoms with E-state index >= 15 is 0 Å². The van der Waals surface area contributed by atoms with Gasteiger partial charge in [0.1, 0.15) is 17.0 Å². The van der Waals surface area contributed by atoms with E-state index in [9.17, 15) is 22.7 Å². The molecule has 0 bridgehead atoms. The molecule has 0 unspecified atom stereocenters. The third kappa shape index (κ3) is 4.04. The molecular weight excluding hydrogens is 437 g/mol. The number of halogens is 1. The minimum Gasteiger partial charge on any atom is -0.508 e. The number of ether oxygens (including phenoxy) is 1. The number of nitrogens with one attached hydrogen (secondary N) is 2. The van der Waals surface area contributed by atoms with Crippen molar-refractivity contribution in [3.8, 4) is 28.4 Å². The van der Waals surface area contributed by atoms with Gasteiger partial charge in [0.25, 0.3) is 5.56 Å². The normalized spacial score (nSPS) is 11.6. The highest BCUT2D eigenvalue weighted by Crippen LogP contribution is 2.39. The van der Waals surface area contributed by atoms with E-state index in [1.54, 1.807) is 31.6 Å². The van der Waals surface area contributed by atoms with Crippen LogP contribution in [0.15, 0.2) is 59.7 Å². The maximum Gasteiger partial charge on any atom is 0.274 e. The molecule has 0 aliphatic heterocycles. The summed E-state index contributed by atoms with van der Waals surface area (Å²) in [5.41, 5.74) is 1.44. The minimum absolute atomic E-state index is 0.110. The molecule has 0 radical (unpaired) electrons. The molecule has 4 rings (SSSR count). The molecule has 2 heterocycles. The topological polar surface area (TPSA) is 113 Å². The number of benzene rings is 2. The first-order valence-corrected chi connectivity index (χ1v) is 11.3. The van der Waals surface area contributed by atoms with Gasteiger partial charge >= 0.3 is 0 Å². The van der Waals surface area contributed by atoms with Crippen LogP contribution in [0.1, 0.15) is 6.92 Å². The Labute approximate surface area is 183 Å². The minimum atomic E-state index is -3.54. The van der Waals surface area contributed by atoms with Crippen molar-refractivity contribution in [1.29, 1.82) is 0 Å². The smallest absolute Gasteiger partial charge is 0.274 e. The first-order chi connectivity index (χ1) is 15.2. The number of pyridine rings is 1. The van der Waals surface area contributed by atoms with Crippen LogP contribution in [0.4, 0.5) is 10.1 Å². The lowest BCUT2D eigenvalue weighted by Gasteiger charge is -2.16. The average molecular weight is 457 g/mol. The maximum atomic E-state index is 14.3. The number of aryl methyl sites for hydroxylation is 1. The fourth-order valence-electron chi connectivity index (χ4n) is 3.32. The van der Waals surface area contributed by atoms with Gasteiger partial charge in [0, 0.05) is 47.7 Å². The number of rotatable bonds is 6. The number of fused-ring (bicyclic) bond motifs is 1. The quantitative estimate of drug-likeness (QED) is 0.406. The molecule has 0 atom stereocenters. The van der Waals surface area contributed by atoms with Gasteiger partial charge in [0.2, 0.25) is 10.0 Å². The number of phenolic OH excluding ortho intramolecular Hbond substituents is 1. The van der Waals surface area contributed by atoms with E-state index in [-0.39, 0.29) is 34.2 Å². The zero-order chi connectivity index (χ0) is 23.0. The van der Waals surface area contributed by atoms with Gasteiger partial charge in [-0.15, -0.1) is 0 Å². The summed E-state index contributed by atoms with van der Waals surface area (Å²) in [5, 5.41) is 10.1. The Bertz CT molecular complexity index is 1490. The molecule has 0 amide bonds. The lowest BCUT2D eigenvalue weighted by atomic mass is 10.0. The number of phenols is 1. The third-order valence-corrected chi connectivity index (χ3v) is 6.26. The van der Waals surface area contributed by atoms with Gasteiger partial charge < -0.3 is 19.4 Å². The fourth-order valence-corrected chi connectivity index (χ4v) is 3.95. The Kier molecular flexibility index (Phi) is 5.39. The molecule has 3 N–H and O–H groups in total.